The third-order valence-electron chi connectivity index (χ3n) is 3.92. The molecule has 0 aromatic rings. The van der Waals surface area contributed by atoms with E-state index in [0.29, 0.717) is 0 Å². The van der Waals surface area contributed by atoms with Gasteiger partial charge in [-0.25, -0.2) is 0 Å². The summed E-state index contributed by atoms with van der Waals surface area (Å²) in [5.41, 5.74) is 0. The van der Waals surface area contributed by atoms with Crippen LogP contribution in [0.25, 0.3) is 0 Å². The molecule has 0 aromatic carbocycles. The molecule has 0 saturated carbocycles. The molecule has 0 aliphatic carbocycles. The van der Waals surface area contributed by atoms with Crippen LogP contribution in [0, 0.1) is 11.8 Å². The summed E-state index contributed by atoms with van der Waals surface area (Å²) in [6.45, 7) is 9.97. The lowest BCUT2D eigenvalue weighted by Gasteiger charge is -2.33. The van der Waals surface area contributed by atoms with Gasteiger partial charge >= 0.3 is 0 Å². The van der Waals surface area contributed by atoms with Gasteiger partial charge in [0.15, 0.2) is 0 Å². The first-order valence-corrected chi connectivity index (χ1v) is 6.21. The van der Waals surface area contributed by atoms with Crippen LogP contribution in [0.2, 0.25) is 0 Å². The summed E-state index contributed by atoms with van der Waals surface area (Å²) in [5, 5.41) is 3.54. The zero-order chi connectivity index (χ0) is 9.97. The predicted octanol–water partition coefficient (Wildman–Crippen LogP) is 1.72. The lowest BCUT2D eigenvalue weighted by molar-refractivity contribution is 0.155. The normalized spacial score (nSPS) is 40.3. The first-order chi connectivity index (χ1) is 6.75. The van der Waals surface area contributed by atoms with E-state index < -0.39 is 0 Å². The highest BCUT2D eigenvalue weighted by Gasteiger charge is 2.26. The molecule has 2 heterocycles. The van der Waals surface area contributed by atoms with Gasteiger partial charge in [0.05, 0.1) is 0 Å². The van der Waals surface area contributed by atoms with Crippen LogP contribution in [0.5, 0.6) is 0 Å². The van der Waals surface area contributed by atoms with Crippen molar-refractivity contribution in [3.05, 3.63) is 0 Å². The van der Waals surface area contributed by atoms with Gasteiger partial charge in [0, 0.05) is 19.1 Å². The third kappa shape index (κ3) is 2.48. The number of nitrogens with one attached hydrogen (secondary N) is 1. The predicted molar refractivity (Wildman–Crippen MR) is 60.4 cm³/mol. The van der Waals surface area contributed by atoms with Crippen LogP contribution in [-0.4, -0.2) is 37.1 Å². The number of piperidine rings is 1. The Morgan fingerprint density at radius 2 is 2.14 bits per heavy atom. The molecule has 0 bridgehead atoms. The van der Waals surface area contributed by atoms with Crippen molar-refractivity contribution in [1.29, 1.82) is 0 Å². The first-order valence-electron chi connectivity index (χ1n) is 6.21. The second-order valence-electron chi connectivity index (χ2n) is 5.30. The number of rotatable bonds is 2. The van der Waals surface area contributed by atoms with Gasteiger partial charge in [0.2, 0.25) is 0 Å². The summed E-state index contributed by atoms with van der Waals surface area (Å²) in [5.74, 6) is 1.83. The second kappa shape index (κ2) is 4.63. The minimum atomic E-state index is 0.743. The van der Waals surface area contributed by atoms with Gasteiger partial charge < -0.3 is 10.2 Å². The molecule has 82 valence electrons. The van der Waals surface area contributed by atoms with Crippen LogP contribution in [0.4, 0.5) is 0 Å². The average Bonchev–Trinajstić information content (AvgIpc) is 2.52. The Morgan fingerprint density at radius 3 is 2.79 bits per heavy atom. The monoisotopic (exact) mass is 196 g/mol. The summed E-state index contributed by atoms with van der Waals surface area (Å²) in [6, 6.07) is 0.743. The number of hydrogen-bond donors (Lipinski definition) is 1. The van der Waals surface area contributed by atoms with Crippen molar-refractivity contribution in [3.63, 3.8) is 0 Å². The van der Waals surface area contributed by atoms with Crippen molar-refractivity contribution in [1.82, 2.24) is 10.2 Å². The third-order valence-corrected chi connectivity index (χ3v) is 3.92. The van der Waals surface area contributed by atoms with E-state index in [9.17, 15) is 0 Å². The summed E-state index contributed by atoms with van der Waals surface area (Å²) in [7, 11) is 0. The van der Waals surface area contributed by atoms with Crippen LogP contribution in [0.15, 0.2) is 0 Å². The molecule has 0 radical (unpaired) electrons. The zero-order valence-corrected chi connectivity index (χ0v) is 9.63. The van der Waals surface area contributed by atoms with Gasteiger partial charge in [0.1, 0.15) is 0 Å². The van der Waals surface area contributed by atoms with Crippen molar-refractivity contribution >= 4 is 0 Å². The molecule has 2 nitrogen and oxygen atoms in total. The standard InChI is InChI=1S/C12H24N2/c1-10-4-3-7-14(8-10)9-12-5-6-13-11(12)2/h10-13H,3-9H2,1-2H3. The van der Waals surface area contributed by atoms with Gasteiger partial charge in [-0.15, -0.1) is 0 Å². The minimum Gasteiger partial charge on any atom is -0.314 e. The molecule has 3 unspecified atom stereocenters. The molecule has 2 aliphatic heterocycles. The molecular formula is C12H24N2. The molecular weight excluding hydrogens is 172 g/mol. The number of hydrogen-bond acceptors (Lipinski definition) is 2. The van der Waals surface area contributed by atoms with E-state index in [4.69, 9.17) is 0 Å². The van der Waals surface area contributed by atoms with Crippen LogP contribution in [0.1, 0.15) is 33.1 Å². The van der Waals surface area contributed by atoms with E-state index >= 15 is 0 Å². The quantitative estimate of drug-likeness (QED) is 0.723. The molecule has 14 heavy (non-hydrogen) atoms. The Labute approximate surface area is 88.1 Å². The van der Waals surface area contributed by atoms with Crippen molar-refractivity contribution < 1.29 is 0 Å². The maximum absolute atomic E-state index is 3.54. The Morgan fingerprint density at radius 1 is 1.29 bits per heavy atom. The lowest BCUT2D eigenvalue weighted by Crippen LogP contribution is -2.40. The summed E-state index contributed by atoms with van der Waals surface area (Å²) in [4.78, 5) is 2.68. The average molecular weight is 196 g/mol. The molecule has 0 amide bonds. The Kier molecular flexibility index (Phi) is 3.45. The summed E-state index contributed by atoms with van der Waals surface area (Å²) in [6.07, 6.45) is 4.23. The maximum Gasteiger partial charge on any atom is 0.00796 e. The van der Waals surface area contributed by atoms with E-state index in [-0.39, 0.29) is 0 Å². The van der Waals surface area contributed by atoms with Gasteiger partial charge in [-0.1, -0.05) is 6.92 Å². The molecule has 2 rings (SSSR count). The molecule has 2 aliphatic rings. The molecule has 2 fully saturated rings. The maximum atomic E-state index is 3.54. The highest BCUT2D eigenvalue weighted by Crippen LogP contribution is 2.21. The van der Waals surface area contributed by atoms with Crippen molar-refractivity contribution in [2.45, 2.75) is 39.2 Å². The van der Waals surface area contributed by atoms with Gasteiger partial charge in [-0.3, -0.25) is 0 Å². The fourth-order valence-corrected chi connectivity index (χ4v) is 2.95. The van der Waals surface area contributed by atoms with Crippen LogP contribution in [0.3, 0.4) is 0 Å². The number of nitrogens with zero attached hydrogens (tertiary/aromatic N) is 1. The smallest absolute Gasteiger partial charge is 0.00796 e. The van der Waals surface area contributed by atoms with Crippen molar-refractivity contribution in [3.8, 4) is 0 Å². The van der Waals surface area contributed by atoms with Crippen molar-refractivity contribution in [2.75, 3.05) is 26.2 Å². The van der Waals surface area contributed by atoms with E-state index in [2.05, 4.69) is 24.1 Å². The lowest BCUT2D eigenvalue weighted by atomic mass is 9.96. The zero-order valence-electron chi connectivity index (χ0n) is 9.63. The Hall–Kier alpha value is -0.0800. The first kappa shape index (κ1) is 10.4. The van der Waals surface area contributed by atoms with Crippen LogP contribution >= 0.6 is 0 Å². The molecule has 1 N–H and O–H groups in total. The van der Waals surface area contributed by atoms with Gasteiger partial charge in [-0.05, 0) is 51.1 Å². The van der Waals surface area contributed by atoms with E-state index in [1.807, 2.05) is 0 Å². The van der Waals surface area contributed by atoms with E-state index in [0.717, 1.165) is 17.9 Å². The van der Waals surface area contributed by atoms with E-state index in [1.165, 1.54) is 45.4 Å². The Bertz CT molecular complexity index is 181. The number of likely N-dealkylation sites (tertiary alicyclic amines) is 1. The highest BCUT2D eigenvalue weighted by molar-refractivity contribution is 4.83. The topological polar surface area (TPSA) is 15.3 Å². The second-order valence-corrected chi connectivity index (χ2v) is 5.30. The summed E-state index contributed by atoms with van der Waals surface area (Å²) < 4.78 is 0. The van der Waals surface area contributed by atoms with Crippen LogP contribution < -0.4 is 5.32 Å². The van der Waals surface area contributed by atoms with Gasteiger partial charge in [-0.2, -0.15) is 0 Å². The minimum absolute atomic E-state index is 0.743. The Balaban J connectivity index is 1.78. The SMILES string of the molecule is CC1CCCN(CC2CCNC2C)C1. The summed E-state index contributed by atoms with van der Waals surface area (Å²) >= 11 is 0. The molecule has 0 aromatic heterocycles. The molecule has 3 atom stereocenters. The van der Waals surface area contributed by atoms with Crippen molar-refractivity contribution in [2.24, 2.45) is 11.8 Å². The highest BCUT2D eigenvalue weighted by atomic mass is 15.1. The van der Waals surface area contributed by atoms with Crippen LogP contribution in [-0.2, 0) is 0 Å². The van der Waals surface area contributed by atoms with E-state index in [1.54, 1.807) is 0 Å². The fourth-order valence-electron chi connectivity index (χ4n) is 2.95. The molecule has 2 saturated heterocycles. The molecule has 0 spiro atoms. The van der Waals surface area contributed by atoms with Gasteiger partial charge in [0.25, 0.3) is 0 Å². The fraction of sp³-hybridized carbons (Fsp3) is 1.00. The molecule has 2 heteroatoms. The largest absolute Gasteiger partial charge is 0.314 e.